The molecule has 0 bridgehead atoms. The van der Waals surface area contributed by atoms with Crippen LogP contribution in [0.15, 0.2) is 34.8 Å². The molecular weight excluding hydrogens is 428 g/mol. The topological polar surface area (TPSA) is 99.6 Å². The smallest absolute Gasteiger partial charge is 0.164 e. The first-order valence-electron chi connectivity index (χ1n) is 10.5. The number of nitrogen functional groups attached to an aromatic ring is 1. The minimum Gasteiger partial charge on any atom is -0.396 e. The maximum absolute atomic E-state index is 12.9. The summed E-state index contributed by atoms with van der Waals surface area (Å²) in [5, 5.41) is 9.79. The van der Waals surface area contributed by atoms with Gasteiger partial charge in [-0.2, -0.15) is 0 Å². The van der Waals surface area contributed by atoms with E-state index in [4.69, 9.17) is 10.7 Å². The molecule has 1 atom stereocenters. The maximum atomic E-state index is 12.9. The summed E-state index contributed by atoms with van der Waals surface area (Å²) in [6, 6.07) is 5.87. The molecule has 0 aromatic carbocycles. The largest absolute Gasteiger partial charge is 0.396 e. The number of anilines is 1. The number of hydrogen-bond acceptors (Lipinski definition) is 7. The molecule has 5 rings (SSSR count). The summed E-state index contributed by atoms with van der Waals surface area (Å²) in [5.74, 6) is 2.85. The lowest BCUT2D eigenvalue weighted by Gasteiger charge is -2.09. The Kier molecular flexibility index (Phi) is 5.31. The SMILES string of the molecule is CCCC[S@](=O)c1sc2nc(-c3cccnc3)cc(-c3nnc(C4CC4)n3C)c2c1N. The Hall–Kier alpha value is -2.65. The van der Waals surface area contributed by atoms with E-state index in [0.717, 1.165) is 64.4 Å². The average molecular weight is 453 g/mol. The van der Waals surface area contributed by atoms with Gasteiger partial charge in [0, 0.05) is 47.6 Å². The number of thiophene rings is 1. The number of aromatic nitrogens is 5. The van der Waals surface area contributed by atoms with Crippen molar-refractivity contribution in [3.05, 3.63) is 36.4 Å². The molecule has 7 nitrogen and oxygen atoms in total. The third kappa shape index (κ3) is 3.65. The summed E-state index contributed by atoms with van der Waals surface area (Å²) in [6.07, 6.45) is 7.73. The molecule has 1 aliphatic carbocycles. The van der Waals surface area contributed by atoms with Gasteiger partial charge in [0.1, 0.15) is 14.9 Å². The first-order valence-corrected chi connectivity index (χ1v) is 12.6. The first kappa shape index (κ1) is 20.3. The van der Waals surface area contributed by atoms with E-state index < -0.39 is 10.8 Å². The van der Waals surface area contributed by atoms with Crippen LogP contribution in [0.3, 0.4) is 0 Å². The van der Waals surface area contributed by atoms with Crippen LogP contribution in [0.4, 0.5) is 5.69 Å². The summed E-state index contributed by atoms with van der Waals surface area (Å²) in [7, 11) is 0.859. The molecule has 0 spiro atoms. The zero-order valence-electron chi connectivity index (χ0n) is 17.5. The van der Waals surface area contributed by atoms with Crippen molar-refractivity contribution in [3.8, 4) is 22.6 Å². The number of nitrogens with two attached hydrogens (primary N) is 1. The number of unbranched alkanes of at least 4 members (excludes halogenated alkanes) is 1. The second-order valence-corrected chi connectivity index (χ2v) is 10.7. The van der Waals surface area contributed by atoms with Crippen LogP contribution in [0.1, 0.15) is 44.3 Å². The maximum Gasteiger partial charge on any atom is 0.164 e. The quantitative estimate of drug-likeness (QED) is 0.442. The highest BCUT2D eigenvalue weighted by Gasteiger charge is 2.30. The Bertz CT molecular complexity index is 1280. The van der Waals surface area contributed by atoms with E-state index >= 15 is 0 Å². The minimum absolute atomic E-state index is 0.485. The van der Waals surface area contributed by atoms with Crippen molar-refractivity contribution in [2.75, 3.05) is 11.5 Å². The Morgan fingerprint density at radius 3 is 2.87 bits per heavy atom. The third-order valence-electron chi connectivity index (χ3n) is 5.60. The molecule has 9 heteroatoms. The molecule has 0 saturated heterocycles. The number of rotatable bonds is 7. The number of nitrogens with zero attached hydrogens (tertiary/aromatic N) is 5. The molecule has 0 radical (unpaired) electrons. The Labute approximate surface area is 187 Å². The number of fused-ring (bicyclic) bond motifs is 1. The first-order chi connectivity index (χ1) is 15.1. The lowest BCUT2D eigenvalue weighted by Crippen LogP contribution is -2.01. The van der Waals surface area contributed by atoms with Crippen LogP contribution >= 0.6 is 11.3 Å². The molecule has 4 heterocycles. The predicted molar refractivity (Wildman–Crippen MR) is 125 cm³/mol. The van der Waals surface area contributed by atoms with Crippen molar-refractivity contribution >= 4 is 38.0 Å². The normalized spacial score (nSPS) is 14.9. The zero-order chi connectivity index (χ0) is 21.5. The summed E-state index contributed by atoms with van der Waals surface area (Å²) in [6.45, 7) is 2.09. The second-order valence-electron chi connectivity index (χ2n) is 7.90. The van der Waals surface area contributed by atoms with Crippen molar-refractivity contribution in [1.29, 1.82) is 0 Å². The van der Waals surface area contributed by atoms with Crippen molar-refractivity contribution in [2.24, 2.45) is 7.05 Å². The molecule has 160 valence electrons. The van der Waals surface area contributed by atoms with Crippen molar-refractivity contribution in [1.82, 2.24) is 24.7 Å². The minimum atomic E-state index is -1.14. The van der Waals surface area contributed by atoms with Gasteiger partial charge < -0.3 is 10.3 Å². The summed E-state index contributed by atoms with van der Waals surface area (Å²) >= 11 is 1.42. The molecule has 1 fully saturated rings. The Morgan fingerprint density at radius 2 is 2.16 bits per heavy atom. The predicted octanol–water partition coefficient (Wildman–Crippen LogP) is 4.52. The fourth-order valence-electron chi connectivity index (χ4n) is 3.75. The summed E-state index contributed by atoms with van der Waals surface area (Å²) in [4.78, 5) is 9.87. The van der Waals surface area contributed by atoms with Crippen LogP contribution < -0.4 is 5.73 Å². The van der Waals surface area contributed by atoms with Crippen LogP contribution in [-0.4, -0.2) is 34.7 Å². The van der Waals surface area contributed by atoms with Gasteiger partial charge in [-0.3, -0.25) is 9.19 Å². The van der Waals surface area contributed by atoms with E-state index in [1.165, 1.54) is 11.3 Å². The summed E-state index contributed by atoms with van der Waals surface area (Å²) < 4.78 is 15.7. The lowest BCUT2D eigenvalue weighted by molar-refractivity contribution is 0.681. The van der Waals surface area contributed by atoms with Gasteiger partial charge in [0.25, 0.3) is 0 Å². The van der Waals surface area contributed by atoms with E-state index in [-0.39, 0.29) is 0 Å². The van der Waals surface area contributed by atoms with Gasteiger partial charge in [-0.15, -0.1) is 21.5 Å². The molecule has 0 aliphatic heterocycles. The van der Waals surface area contributed by atoms with E-state index in [2.05, 4.69) is 26.7 Å². The van der Waals surface area contributed by atoms with Gasteiger partial charge >= 0.3 is 0 Å². The standard InChI is InChI=1S/C22H24N6OS2/c1-3-4-10-31(29)22-18(23)17-15(20-27-26-19(28(20)2)13-7-8-13)11-16(25-21(17)30-22)14-6-5-9-24-12-14/h5-6,9,11-13H,3-4,7-8,10,23H2,1-2H3/t31-/m0/s1. The summed E-state index contributed by atoms with van der Waals surface area (Å²) in [5.41, 5.74) is 9.70. The molecule has 0 amide bonds. The third-order valence-corrected chi connectivity index (χ3v) is 8.60. The lowest BCUT2D eigenvalue weighted by atomic mass is 10.1. The van der Waals surface area contributed by atoms with Crippen LogP contribution in [-0.2, 0) is 17.8 Å². The van der Waals surface area contributed by atoms with Crippen molar-refractivity contribution in [2.45, 2.75) is 42.7 Å². The van der Waals surface area contributed by atoms with Gasteiger partial charge in [-0.25, -0.2) is 4.98 Å². The Morgan fingerprint density at radius 1 is 1.32 bits per heavy atom. The van der Waals surface area contributed by atoms with Crippen LogP contribution in [0, 0.1) is 0 Å². The number of pyridine rings is 2. The van der Waals surface area contributed by atoms with Crippen molar-refractivity contribution in [3.63, 3.8) is 0 Å². The highest BCUT2D eigenvalue weighted by Crippen LogP contribution is 2.44. The van der Waals surface area contributed by atoms with Gasteiger partial charge in [0.2, 0.25) is 0 Å². The van der Waals surface area contributed by atoms with Crippen LogP contribution in [0.5, 0.6) is 0 Å². The van der Waals surface area contributed by atoms with Gasteiger partial charge in [0.15, 0.2) is 5.82 Å². The molecule has 4 aromatic rings. The highest BCUT2D eigenvalue weighted by atomic mass is 32.2. The second kappa shape index (κ2) is 8.12. The zero-order valence-corrected chi connectivity index (χ0v) is 19.2. The molecular formula is C22H24N6OS2. The van der Waals surface area contributed by atoms with Gasteiger partial charge in [-0.1, -0.05) is 13.3 Å². The Balaban J connectivity index is 1.73. The van der Waals surface area contributed by atoms with Gasteiger partial charge in [-0.05, 0) is 37.5 Å². The van der Waals surface area contributed by atoms with Crippen molar-refractivity contribution < 1.29 is 4.21 Å². The van der Waals surface area contributed by atoms with E-state index in [9.17, 15) is 4.21 Å². The van der Waals surface area contributed by atoms with E-state index in [0.29, 0.717) is 21.6 Å². The van der Waals surface area contributed by atoms with E-state index in [1.54, 1.807) is 12.4 Å². The molecule has 4 aromatic heterocycles. The molecule has 1 aliphatic rings. The molecule has 1 saturated carbocycles. The van der Waals surface area contributed by atoms with Crippen LogP contribution in [0.25, 0.3) is 32.9 Å². The van der Waals surface area contributed by atoms with Gasteiger partial charge in [0.05, 0.1) is 22.2 Å². The van der Waals surface area contributed by atoms with Crippen LogP contribution in [0.2, 0.25) is 0 Å². The molecule has 0 unspecified atom stereocenters. The molecule has 2 N–H and O–H groups in total. The number of hydrogen-bond donors (Lipinski definition) is 1. The highest BCUT2D eigenvalue weighted by molar-refractivity contribution is 7.87. The fourth-order valence-corrected chi connectivity index (χ4v) is 6.55. The van der Waals surface area contributed by atoms with E-state index in [1.807, 2.05) is 25.2 Å². The average Bonchev–Trinajstić information content (AvgIpc) is 3.48. The monoisotopic (exact) mass is 452 g/mol. The fraction of sp³-hybridized carbons (Fsp3) is 0.364. The molecule has 31 heavy (non-hydrogen) atoms.